The molecule has 0 atom stereocenters. The summed E-state index contributed by atoms with van der Waals surface area (Å²) in [5.41, 5.74) is 2.77. The first kappa shape index (κ1) is 21.9. The number of Topliss-reactive ketones (excluding diaryl/α,β-unsaturated/α-hetero) is 1. The van der Waals surface area contributed by atoms with Gasteiger partial charge in [0.2, 0.25) is 5.78 Å². The Hall–Kier alpha value is -3.42. The molecule has 0 aliphatic heterocycles. The van der Waals surface area contributed by atoms with Crippen molar-refractivity contribution < 1.29 is 28.7 Å². The molecule has 2 N–H and O–H groups in total. The highest BCUT2D eigenvalue weighted by Crippen LogP contribution is 2.19. The molecule has 0 fully saturated rings. The average Bonchev–Trinajstić information content (AvgIpc) is 2.98. The number of aromatic nitrogens is 1. The third-order valence-electron chi connectivity index (χ3n) is 4.23. The number of carbonyl (C=O) groups is 4. The Balaban J connectivity index is 1.90. The van der Waals surface area contributed by atoms with Crippen LogP contribution in [0.15, 0.2) is 24.3 Å². The number of benzene rings is 1. The number of rotatable bonds is 8. The summed E-state index contributed by atoms with van der Waals surface area (Å²) in [6.07, 6.45) is 0. The minimum atomic E-state index is -0.745. The summed E-state index contributed by atoms with van der Waals surface area (Å²) in [5.74, 6) is -2.16. The standard InChI is InChI=1S/C21H24N2O6/c1-5-28-21(27)18-13(3)19(23-14(18)4)16(24)11-29-17(25)10-22-20(26)15-8-6-7-12(2)9-15/h6-9,23H,5,10-11H2,1-4H3,(H,22,26). The first-order valence-corrected chi connectivity index (χ1v) is 9.14. The van der Waals surface area contributed by atoms with Crippen molar-refractivity contribution in [3.05, 3.63) is 57.9 Å². The third-order valence-corrected chi connectivity index (χ3v) is 4.23. The topological polar surface area (TPSA) is 115 Å². The van der Waals surface area contributed by atoms with E-state index in [9.17, 15) is 19.2 Å². The van der Waals surface area contributed by atoms with E-state index in [0.717, 1.165) is 5.56 Å². The number of aromatic amines is 1. The maximum absolute atomic E-state index is 12.4. The van der Waals surface area contributed by atoms with Crippen molar-refractivity contribution in [3.8, 4) is 0 Å². The first-order chi connectivity index (χ1) is 13.7. The van der Waals surface area contributed by atoms with Gasteiger partial charge in [0, 0.05) is 11.3 Å². The van der Waals surface area contributed by atoms with Gasteiger partial charge in [-0.15, -0.1) is 0 Å². The van der Waals surface area contributed by atoms with Crippen molar-refractivity contribution in [2.75, 3.05) is 19.8 Å². The molecule has 1 heterocycles. The number of H-pyrrole nitrogens is 1. The van der Waals surface area contributed by atoms with Gasteiger partial charge in [-0.1, -0.05) is 17.7 Å². The molecule has 0 unspecified atom stereocenters. The van der Waals surface area contributed by atoms with Crippen LogP contribution in [-0.4, -0.2) is 48.4 Å². The highest BCUT2D eigenvalue weighted by atomic mass is 16.5. The van der Waals surface area contributed by atoms with E-state index in [4.69, 9.17) is 9.47 Å². The van der Waals surface area contributed by atoms with Crippen LogP contribution in [0.4, 0.5) is 0 Å². The van der Waals surface area contributed by atoms with E-state index in [2.05, 4.69) is 10.3 Å². The normalized spacial score (nSPS) is 10.3. The van der Waals surface area contributed by atoms with Crippen LogP contribution in [0.5, 0.6) is 0 Å². The SMILES string of the molecule is CCOC(=O)c1c(C)[nH]c(C(=O)COC(=O)CNC(=O)c2cccc(C)c2)c1C. The summed E-state index contributed by atoms with van der Waals surface area (Å²) in [6, 6.07) is 6.93. The second-order valence-corrected chi connectivity index (χ2v) is 6.48. The molecular weight excluding hydrogens is 376 g/mol. The van der Waals surface area contributed by atoms with E-state index in [1.165, 1.54) is 0 Å². The van der Waals surface area contributed by atoms with Gasteiger partial charge in [-0.05, 0) is 45.4 Å². The Labute approximate surface area is 168 Å². The molecule has 0 saturated carbocycles. The lowest BCUT2D eigenvalue weighted by molar-refractivity contribution is -0.141. The molecular formula is C21H24N2O6. The molecule has 2 rings (SSSR count). The second kappa shape index (κ2) is 9.68. The van der Waals surface area contributed by atoms with Crippen molar-refractivity contribution in [2.24, 2.45) is 0 Å². The van der Waals surface area contributed by atoms with Crippen LogP contribution < -0.4 is 5.32 Å². The molecule has 1 aromatic carbocycles. The molecule has 8 nitrogen and oxygen atoms in total. The van der Waals surface area contributed by atoms with E-state index in [1.54, 1.807) is 39.0 Å². The van der Waals surface area contributed by atoms with Gasteiger partial charge in [-0.2, -0.15) is 0 Å². The lowest BCUT2D eigenvalue weighted by Gasteiger charge is -2.07. The smallest absolute Gasteiger partial charge is 0.340 e. The largest absolute Gasteiger partial charge is 0.462 e. The zero-order valence-corrected chi connectivity index (χ0v) is 16.9. The number of ether oxygens (including phenoxy) is 2. The van der Waals surface area contributed by atoms with E-state index >= 15 is 0 Å². The summed E-state index contributed by atoms with van der Waals surface area (Å²) >= 11 is 0. The Morgan fingerprint density at radius 3 is 2.45 bits per heavy atom. The summed E-state index contributed by atoms with van der Waals surface area (Å²) in [4.78, 5) is 51.1. The van der Waals surface area contributed by atoms with Crippen LogP contribution in [0.1, 0.15) is 54.9 Å². The van der Waals surface area contributed by atoms with Gasteiger partial charge in [0.25, 0.3) is 5.91 Å². The molecule has 0 spiro atoms. The number of ketones is 1. The van der Waals surface area contributed by atoms with Gasteiger partial charge in [-0.25, -0.2) is 4.79 Å². The molecule has 8 heteroatoms. The van der Waals surface area contributed by atoms with Crippen LogP contribution in [0.2, 0.25) is 0 Å². The Kier molecular flexibility index (Phi) is 7.30. The molecule has 0 bridgehead atoms. The molecule has 2 aromatic rings. The maximum Gasteiger partial charge on any atom is 0.340 e. The van der Waals surface area contributed by atoms with Crippen molar-refractivity contribution >= 4 is 23.6 Å². The molecule has 0 aliphatic carbocycles. The molecule has 154 valence electrons. The van der Waals surface area contributed by atoms with Crippen LogP contribution in [0.25, 0.3) is 0 Å². The van der Waals surface area contributed by atoms with E-state index < -0.39 is 30.2 Å². The Morgan fingerprint density at radius 1 is 1.07 bits per heavy atom. The number of amides is 1. The van der Waals surface area contributed by atoms with E-state index in [-0.39, 0.29) is 18.8 Å². The first-order valence-electron chi connectivity index (χ1n) is 9.14. The minimum Gasteiger partial charge on any atom is -0.462 e. The lowest BCUT2D eigenvalue weighted by Crippen LogP contribution is -2.31. The minimum absolute atomic E-state index is 0.183. The van der Waals surface area contributed by atoms with E-state index in [0.29, 0.717) is 22.4 Å². The number of hydrogen-bond donors (Lipinski definition) is 2. The van der Waals surface area contributed by atoms with Crippen LogP contribution in [0.3, 0.4) is 0 Å². The van der Waals surface area contributed by atoms with Gasteiger partial charge in [0.15, 0.2) is 6.61 Å². The Bertz CT molecular complexity index is 945. The van der Waals surface area contributed by atoms with Crippen LogP contribution in [-0.2, 0) is 14.3 Å². The number of esters is 2. The van der Waals surface area contributed by atoms with Crippen molar-refractivity contribution in [2.45, 2.75) is 27.7 Å². The van der Waals surface area contributed by atoms with Gasteiger partial charge in [0.1, 0.15) is 6.54 Å². The van der Waals surface area contributed by atoms with Gasteiger partial charge in [-0.3, -0.25) is 14.4 Å². The predicted octanol–water partition coefficient (Wildman–Crippen LogP) is 2.27. The highest BCUT2D eigenvalue weighted by Gasteiger charge is 2.23. The van der Waals surface area contributed by atoms with Crippen LogP contribution in [0, 0.1) is 20.8 Å². The van der Waals surface area contributed by atoms with Gasteiger partial charge >= 0.3 is 11.9 Å². The summed E-state index contributed by atoms with van der Waals surface area (Å²) in [5, 5.41) is 2.45. The van der Waals surface area contributed by atoms with Gasteiger partial charge < -0.3 is 19.8 Å². The van der Waals surface area contributed by atoms with Crippen molar-refractivity contribution in [3.63, 3.8) is 0 Å². The monoisotopic (exact) mass is 400 g/mol. The summed E-state index contributed by atoms with van der Waals surface area (Å²) in [7, 11) is 0. The fourth-order valence-corrected chi connectivity index (χ4v) is 2.85. The molecule has 29 heavy (non-hydrogen) atoms. The summed E-state index contributed by atoms with van der Waals surface area (Å²) < 4.78 is 9.92. The predicted molar refractivity (Wildman–Crippen MR) is 105 cm³/mol. The third kappa shape index (κ3) is 5.54. The van der Waals surface area contributed by atoms with E-state index in [1.807, 2.05) is 13.0 Å². The zero-order valence-electron chi connectivity index (χ0n) is 16.9. The maximum atomic E-state index is 12.4. The van der Waals surface area contributed by atoms with Crippen molar-refractivity contribution in [1.82, 2.24) is 10.3 Å². The average molecular weight is 400 g/mol. The quantitative estimate of drug-likeness (QED) is 0.519. The number of aryl methyl sites for hydroxylation is 2. The van der Waals surface area contributed by atoms with Gasteiger partial charge in [0.05, 0.1) is 17.9 Å². The number of carbonyl (C=O) groups excluding carboxylic acids is 4. The number of hydrogen-bond acceptors (Lipinski definition) is 6. The molecule has 0 radical (unpaired) electrons. The lowest BCUT2D eigenvalue weighted by atomic mass is 10.1. The summed E-state index contributed by atoms with van der Waals surface area (Å²) in [6.45, 7) is 6.17. The fourth-order valence-electron chi connectivity index (χ4n) is 2.85. The molecule has 1 amide bonds. The van der Waals surface area contributed by atoms with Crippen LogP contribution >= 0.6 is 0 Å². The van der Waals surface area contributed by atoms with Crippen molar-refractivity contribution in [1.29, 1.82) is 0 Å². The fraction of sp³-hybridized carbons (Fsp3) is 0.333. The second-order valence-electron chi connectivity index (χ2n) is 6.48. The number of nitrogens with one attached hydrogen (secondary N) is 2. The Morgan fingerprint density at radius 2 is 1.79 bits per heavy atom. The molecule has 0 saturated heterocycles. The zero-order chi connectivity index (χ0) is 21.6. The molecule has 1 aromatic heterocycles. The highest BCUT2D eigenvalue weighted by molar-refractivity contribution is 6.02. The molecule has 0 aliphatic rings.